The van der Waals surface area contributed by atoms with E-state index >= 15 is 0 Å². The number of nitrogens with one attached hydrogen (secondary N) is 1. The zero-order valence-corrected chi connectivity index (χ0v) is 13.2. The fourth-order valence-electron chi connectivity index (χ4n) is 3.22. The van der Waals surface area contributed by atoms with Gasteiger partial charge in [-0.3, -0.25) is 9.69 Å². The van der Waals surface area contributed by atoms with Crippen molar-refractivity contribution in [2.75, 3.05) is 18.4 Å². The van der Waals surface area contributed by atoms with Crippen LogP contribution in [0.15, 0.2) is 42.6 Å². The van der Waals surface area contributed by atoms with Gasteiger partial charge in [0.25, 0.3) is 0 Å². The quantitative estimate of drug-likeness (QED) is 0.944. The molecule has 1 aromatic carbocycles. The maximum absolute atomic E-state index is 12.3. The molecule has 5 nitrogen and oxygen atoms in total. The number of hydrogen-bond acceptors (Lipinski definition) is 3. The number of nitrogens with zero attached hydrogens (tertiary/aromatic N) is 3. The first-order chi connectivity index (χ1) is 11.2. The molecular formula is C18H20N4O. The molecule has 118 valence electrons. The Morgan fingerprint density at radius 1 is 1.39 bits per heavy atom. The molecule has 1 aliphatic rings. The third kappa shape index (κ3) is 3.43. The van der Waals surface area contributed by atoms with Gasteiger partial charge in [-0.05, 0) is 49.7 Å². The van der Waals surface area contributed by atoms with Gasteiger partial charge < -0.3 is 9.88 Å². The molecule has 1 aliphatic heterocycles. The number of benzene rings is 1. The van der Waals surface area contributed by atoms with Gasteiger partial charge in [-0.15, -0.1) is 0 Å². The summed E-state index contributed by atoms with van der Waals surface area (Å²) in [6.07, 6.45) is 4.22. The number of carbonyl (C=O) groups is 1. The van der Waals surface area contributed by atoms with E-state index in [1.54, 1.807) is 24.3 Å². The Labute approximate surface area is 136 Å². The van der Waals surface area contributed by atoms with Crippen molar-refractivity contribution in [3.05, 3.63) is 53.9 Å². The first-order valence-corrected chi connectivity index (χ1v) is 7.82. The largest absolute Gasteiger partial charge is 0.353 e. The molecule has 0 radical (unpaired) electrons. The van der Waals surface area contributed by atoms with E-state index in [2.05, 4.69) is 26.9 Å². The molecule has 1 saturated heterocycles. The second-order valence-electron chi connectivity index (χ2n) is 5.91. The van der Waals surface area contributed by atoms with Crippen molar-refractivity contribution in [3.8, 4) is 6.07 Å². The van der Waals surface area contributed by atoms with E-state index in [4.69, 9.17) is 5.26 Å². The molecule has 1 atom stereocenters. The molecule has 0 saturated carbocycles. The molecule has 2 aromatic rings. The van der Waals surface area contributed by atoms with E-state index in [0.29, 0.717) is 23.8 Å². The zero-order chi connectivity index (χ0) is 16.2. The highest BCUT2D eigenvalue weighted by molar-refractivity contribution is 5.92. The number of likely N-dealkylation sites (tertiary alicyclic amines) is 1. The van der Waals surface area contributed by atoms with Crippen molar-refractivity contribution in [1.29, 1.82) is 5.26 Å². The van der Waals surface area contributed by atoms with Gasteiger partial charge in [-0.1, -0.05) is 6.07 Å². The lowest BCUT2D eigenvalue weighted by Gasteiger charge is -2.24. The molecule has 0 unspecified atom stereocenters. The van der Waals surface area contributed by atoms with Crippen LogP contribution < -0.4 is 5.32 Å². The molecule has 1 N–H and O–H groups in total. The summed E-state index contributed by atoms with van der Waals surface area (Å²) < 4.78 is 2.12. The summed E-state index contributed by atoms with van der Waals surface area (Å²) in [6, 6.07) is 13.5. The minimum Gasteiger partial charge on any atom is -0.353 e. The van der Waals surface area contributed by atoms with Crippen LogP contribution in [0.2, 0.25) is 0 Å². The highest BCUT2D eigenvalue weighted by atomic mass is 16.2. The topological polar surface area (TPSA) is 61.1 Å². The predicted octanol–water partition coefficient (Wildman–Crippen LogP) is 2.67. The molecule has 1 amide bonds. The number of nitriles is 1. The lowest BCUT2D eigenvalue weighted by atomic mass is 10.1. The van der Waals surface area contributed by atoms with Crippen molar-refractivity contribution in [3.63, 3.8) is 0 Å². The van der Waals surface area contributed by atoms with Crippen LogP contribution in [-0.4, -0.2) is 28.5 Å². The summed E-state index contributed by atoms with van der Waals surface area (Å²) in [4.78, 5) is 14.5. The lowest BCUT2D eigenvalue weighted by Crippen LogP contribution is -2.33. The van der Waals surface area contributed by atoms with Crippen molar-refractivity contribution < 1.29 is 4.79 Å². The number of carbonyl (C=O) groups excluding carboxylic acids is 1. The van der Waals surface area contributed by atoms with Crippen LogP contribution in [0.5, 0.6) is 0 Å². The predicted molar refractivity (Wildman–Crippen MR) is 88.7 cm³/mol. The maximum atomic E-state index is 12.3. The van der Waals surface area contributed by atoms with Crippen LogP contribution >= 0.6 is 0 Å². The Morgan fingerprint density at radius 2 is 2.26 bits per heavy atom. The molecule has 0 bridgehead atoms. The fourth-order valence-corrected chi connectivity index (χ4v) is 3.22. The number of aryl methyl sites for hydroxylation is 1. The van der Waals surface area contributed by atoms with Crippen LogP contribution in [0.1, 0.15) is 30.1 Å². The average Bonchev–Trinajstić information content (AvgIpc) is 3.15. The summed E-state index contributed by atoms with van der Waals surface area (Å²) in [5.74, 6) is -0.0406. The Balaban J connectivity index is 1.65. The Kier molecular flexibility index (Phi) is 4.45. The normalized spacial score (nSPS) is 17.8. The van der Waals surface area contributed by atoms with Gasteiger partial charge in [0, 0.05) is 24.6 Å². The number of hydrogen-bond donors (Lipinski definition) is 1. The molecule has 3 rings (SSSR count). The Bertz CT molecular complexity index is 743. The highest BCUT2D eigenvalue weighted by Crippen LogP contribution is 2.31. The average molecular weight is 308 g/mol. The second kappa shape index (κ2) is 6.67. The van der Waals surface area contributed by atoms with Gasteiger partial charge in [-0.25, -0.2) is 0 Å². The SMILES string of the molecule is Cn1cccc1[C@H]1CCCN1CC(=O)Nc1cccc(C#N)c1. The Morgan fingerprint density at radius 3 is 3.00 bits per heavy atom. The standard InChI is InChI=1S/C18H20N4O/c1-21-9-3-7-16(21)17-8-4-10-22(17)13-18(23)20-15-6-2-5-14(11-15)12-19/h2-3,5-7,9,11,17H,4,8,10,13H2,1H3,(H,20,23)/t17-/m1/s1. The number of anilines is 1. The molecule has 1 fully saturated rings. The van der Waals surface area contributed by atoms with E-state index in [0.717, 1.165) is 19.4 Å². The summed E-state index contributed by atoms with van der Waals surface area (Å²) in [5.41, 5.74) is 2.47. The van der Waals surface area contributed by atoms with E-state index in [9.17, 15) is 4.79 Å². The van der Waals surface area contributed by atoms with Gasteiger partial charge in [0.15, 0.2) is 0 Å². The molecule has 5 heteroatoms. The van der Waals surface area contributed by atoms with Crippen LogP contribution in [0, 0.1) is 11.3 Å². The summed E-state index contributed by atoms with van der Waals surface area (Å²) >= 11 is 0. The smallest absolute Gasteiger partial charge is 0.238 e. The maximum Gasteiger partial charge on any atom is 0.238 e. The van der Waals surface area contributed by atoms with Gasteiger partial charge in [0.1, 0.15) is 0 Å². The molecule has 0 aliphatic carbocycles. The number of rotatable bonds is 4. The van der Waals surface area contributed by atoms with E-state index < -0.39 is 0 Å². The summed E-state index contributed by atoms with van der Waals surface area (Å²) in [5, 5.41) is 11.8. The van der Waals surface area contributed by atoms with Gasteiger partial charge in [-0.2, -0.15) is 5.26 Å². The number of amides is 1. The summed E-state index contributed by atoms with van der Waals surface area (Å²) in [7, 11) is 2.04. The van der Waals surface area contributed by atoms with E-state index in [1.165, 1.54) is 5.69 Å². The molecule has 2 heterocycles. The monoisotopic (exact) mass is 308 g/mol. The zero-order valence-electron chi connectivity index (χ0n) is 13.2. The van der Waals surface area contributed by atoms with Crippen LogP contribution in [0.4, 0.5) is 5.69 Å². The number of aromatic nitrogens is 1. The molecular weight excluding hydrogens is 288 g/mol. The van der Waals surface area contributed by atoms with Gasteiger partial charge >= 0.3 is 0 Å². The minimum absolute atomic E-state index is 0.0406. The van der Waals surface area contributed by atoms with Crippen molar-refractivity contribution in [2.24, 2.45) is 7.05 Å². The highest BCUT2D eigenvalue weighted by Gasteiger charge is 2.28. The van der Waals surface area contributed by atoms with Crippen LogP contribution in [0.25, 0.3) is 0 Å². The summed E-state index contributed by atoms with van der Waals surface area (Å²) in [6.45, 7) is 1.30. The first kappa shape index (κ1) is 15.3. The minimum atomic E-state index is -0.0406. The van der Waals surface area contributed by atoms with Crippen molar-refractivity contribution in [2.45, 2.75) is 18.9 Å². The van der Waals surface area contributed by atoms with Gasteiger partial charge in [0.2, 0.25) is 5.91 Å². The van der Waals surface area contributed by atoms with Crippen molar-refractivity contribution >= 4 is 11.6 Å². The van der Waals surface area contributed by atoms with Crippen LogP contribution in [0.3, 0.4) is 0 Å². The molecule has 23 heavy (non-hydrogen) atoms. The Hall–Kier alpha value is -2.58. The molecule has 0 spiro atoms. The lowest BCUT2D eigenvalue weighted by molar-refractivity contribution is -0.117. The first-order valence-electron chi connectivity index (χ1n) is 7.82. The third-order valence-electron chi connectivity index (χ3n) is 4.31. The van der Waals surface area contributed by atoms with Gasteiger partial charge in [0.05, 0.1) is 24.2 Å². The van der Waals surface area contributed by atoms with E-state index in [-0.39, 0.29) is 5.91 Å². The second-order valence-corrected chi connectivity index (χ2v) is 5.91. The third-order valence-corrected chi connectivity index (χ3v) is 4.31. The fraction of sp³-hybridized carbons (Fsp3) is 0.333. The molecule has 1 aromatic heterocycles. The van der Waals surface area contributed by atoms with Crippen molar-refractivity contribution in [1.82, 2.24) is 9.47 Å². The van der Waals surface area contributed by atoms with E-state index in [1.807, 2.05) is 19.3 Å². The van der Waals surface area contributed by atoms with Crippen LogP contribution in [-0.2, 0) is 11.8 Å².